The Morgan fingerprint density at radius 3 is 2.70 bits per heavy atom. The number of rotatable bonds is 7. The zero-order valence-electron chi connectivity index (χ0n) is 14.3. The van der Waals surface area contributed by atoms with Gasteiger partial charge in [0.05, 0.1) is 12.0 Å². The standard InChI is InChI=1S/C18H27N3O2/c1-14(15-8-5-4-6-9-15)19-18(23)16-12-17(22)21(13-16)11-7-10-20(2)3/h4-6,8-9,14,16H,7,10-13H2,1-3H3,(H,19,23). The minimum Gasteiger partial charge on any atom is -0.349 e. The lowest BCUT2D eigenvalue weighted by Crippen LogP contribution is -2.35. The van der Waals surface area contributed by atoms with Crippen LogP contribution in [0, 0.1) is 5.92 Å². The van der Waals surface area contributed by atoms with E-state index in [-0.39, 0.29) is 23.8 Å². The number of likely N-dealkylation sites (tertiary alicyclic amines) is 1. The van der Waals surface area contributed by atoms with Crippen LogP contribution >= 0.6 is 0 Å². The molecule has 0 bridgehead atoms. The topological polar surface area (TPSA) is 52.7 Å². The summed E-state index contributed by atoms with van der Waals surface area (Å²) in [5.74, 6) is -0.158. The Bertz CT molecular complexity index is 530. The van der Waals surface area contributed by atoms with Gasteiger partial charge in [-0.25, -0.2) is 0 Å². The van der Waals surface area contributed by atoms with Gasteiger partial charge in [0.15, 0.2) is 0 Å². The van der Waals surface area contributed by atoms with Crippen molar-refractivity contribution in [3.8, 4) is 0 Å². The van der Waals surface area contributed by atoms with E-state index in [1.54, 1.807) is 0 Å². The van der Waals surface area contributed by atoms with E-state index in [0.29, 0.717) is 13.0 Å². The van der Waals surface area contributed by atoms with Crippen molar-refractivity contribution in [2.45, 2.75) is 25.8 Å². The van der Waals surface area contributed by atoms with Gasteiger partial charge in [0.1, 0.15) is 0 Å². The van der Waals surface area contributed by atoms with E-state index in [1.165, 1.54) is 0 Å². The molecule has 2 atom stereocenters. The van der Waals surface area contributed by atoms with Gasteiger partial charge in [-0.3, -0.25) is 9.59 Å². The molecular formula is C18H27N3O2. The summed E-state index contributed by atoms with van der Waals surface area (Å²) >= 11 is 0. The summed E-state index contributed by atoms with van der Waals surface area (Å²) in [4.78, 5) is 28.4. The zero-order chi connectivity index (χ0) is 16.8. The molecule has 1 aromatic rings. The van der Waals surface area contributed by atoms with Crippen LogP contribution in [0.2, 0.25) is 0 Å². The summed E-state index contributed by atoms with van der Waals surface area (Å²) < 4.78 is 0. The highest BCUT2D eigenvalue weighted by Gasteiger charge is 2.34. The molecule has 0 spiro atoms. The number of benzene rings is 1. The Kier molecular flexibility index (Phi) is 6.16. The molecule has 2 unspecified atom stereocenters. The molecule has 0 radical (unpaired) electrons. The Hall–Kier alpha value is -1.88. The maximum atomic E-state index is 12.4. The molecule has 1 aliphatic heterocycles. The van der Waals surface area contributed by atoms with Gasteiger partial charge in [-0.2, -0.15) is 0 Å². The lowest BCUT2D eigenvalue weighted by molar-refractivity contribution is -0.129. The molecule has 1 saturated heterocycles. The second-order valence-corrected chi connectivity index (χ2v) is 6.54. The van der Waals surface area contributed by atoms with Gasteiger partial charge < -0.3 is 15.1 Å². The molecule has 23 heavy (non-hydrogen) atoms. The Morgan fingerprint density at radius 2 is 2.04 bits per heavy atom. The van der Waals surface area contributed by atoms with E-state index in [9.17, 15) is 9.59 Å². The first kappa shape index (κ1) is 17.5. The molecule has 1 heterocycles. The number of carbonyl (C=O) groups is 2. The molecule has 1 aliphatic rings. The van der Waals surface area contributed by atoms with Crippen molar-refractivity contribution in [1.29, 1.82) is 0 Å². The molecule has 5 heteroatoms. The van der Waals surface area contributed by atoms with Gasteiger partial charge in [0, 0.05) is 19.5 Å². The first-order valence-electron chi connectivity index (χ1n) is 8.25. The van der Waals surface area contributed by atoms with Crippen LogP contribution in [-0.4, -0.2) is 55.3 Å². The average molecular weight is 317 g/mol. The number of amides is 2. The predicted octanol–water partition coefficient (Wildman–Crippen LogP) is 1.66. The van der Waals surface area contributed by atoms with Crippen molar-refractivity contribution in [3.05, 3.63) is 35.9 Å². The molecule has 0 aromatic heterocycles. The molecule has 0 saturated carbocycles. The van der Waals surface area contributed by atoms with Crippen molar-refractivity contribution >= 4 is 11.8 Å². The maximum absolute atomic E-state index is 12.4. The quantitative estimate of drug-likeness (QED) is 0.832. The second-order valence-electron chi connectivity index (χ2n) is 6.54. The van der Waals surface area contributed by atoms with Crippen molar-refractivity contribution in [3.63, 3.8) is 0 Å². The number of nitrogens with one attached hydrogen (secondary N) is 1. The van der Waals surface area contributed by atoms with Gasteiger partial charge in [0.2, 0.25) is 11.8 Å². The average Bonchev–Trinajstić information content (AvgIpc) is 2.89. The van der Waals surface area contributed by atoms with Crippen molar-refractivity contribution in [1.82, 2.24) is 15.1 Å². The fourth-order valence-electron chi connectivity index (χ4n) is 2.90. The van der Waals surface area contributed by atoms with Gasteiger partial charge >= 0.3 is 0 Å². The third-order valence-corrected chi connectivity index (χ3v) is 4.28. The van der Waals surface area contributed by atoms with Crippen molar-refractivity contribution in [2.75, 3.05) is 33.7 Å². The molecule has 2 rings (SSSR count). The minimum absolute atomic E-state index is 0.0233. The van der Waals surface area contributed by atoms with Crippen LogP contribution in [0.1, 0.15) is 31.4 Å². The van der Waals surface area contributed by atoms with E-state index < -0.39 is 0 Å². The van der Waals surface area contributed by atoms with Gasteiger partial charge in [-0.05, 0) is 39.5 Å². The first-order chi connectivity index (χ1) is 11.0. The lowest BCUT2D eigenvalue weighted by atomic mass is 10.1. The predicted molar refractivity (Wildman–Crippen MR) is 90.9 cm³/mol. The van der Waals surface area contributed by atoms with E-state index in [4.69, 9.17) is 0 Å². The molecule has 1 N–H and O–H groups in total. The highest BCUT2D eigenvalue weighted by atomic mass is 16.2. The molecular weight excluding hydrogens is 290 g/mol. The molecule has 5 nitrogen and oxygen atoms in total. The summed E-state index contributed by atoms with van der Waals surface area (Å²) in [6, 6.07) is 9.84. The maximum Gasteiger partial charge on any atom is 0.225 e. The number of carbonyl (C=O) groups excluding carboxylic acids is 2. The SMILES string of the molecule is CC(NC(=O)C1CC(=O)N(CCCN(C)C)C1)c1ccccc1. The fourth-order valence-corrected chi connectivity index (χ4v) is 2.90. The fraction of sp³-hybridized carbons (Fsp3) is 0.556. The van der Waals surface area contributed by atoms with Crippen molar-refractivity contribution < 1.29 is 9.59 Å². The number of hydrogen-bond donors (Lipinski definition) is 1. The Balaban J connectivity index is 1.83. The first-order valence-corrected chi connectivity index (χ1v) is 8.25. The van der Waals surface area contributed by atoms with Crippen LogP contribution in [-0.2, 0) is 9.59 Å². The smallest absolute Gasteiger partial charge is 0.225 e. The Morgan fingerprint density at radius 1 is 1.35 bits per heavy atom. The third-order valence-electron chi connectivity index (χ3n) is 4.28. The van der Waals surface area contributed by atoms with Crippen LogP contribution in [0.25, 0.3) is 0 Å². The monoisotopic (exact) mass is 317 g/mol. The van der Waals surface area contributed by atoms with Crippen LogP contribution in [0.4, 0.5) is 0 Å². The molecule has 1 aromatic carbocycles. The van der Waals surface area contributed by atoms with Crippen LogP contribution in [0.3, 0.4) is 0 Å². The normalized spacial score (nSPS) is 19.2. The highest BCUT2D eigenvalue weighted by molar-refractivity contribution is 5.89. The van der Waals surface area contributed by atoms with Crippen LogP contribution in [0.5, 0.6) is 0 Å². The molecule has 2 amide bonds. The van der Waals surface area contributed by atoms with Crippen LogP contribution in [0.15, 0.2) is 30.3 Å². The second kappa shape index (κ2) is 8.11. The lowest BCUT2D eigenvalue weighted by Gasteiger charge is -2.19. The number of nitrogens with zero attached hydrogens (tertiary/aromatic N) is 2. The van der Waals surface area contributed by atoms with Gasteiger partial charge in [-0.15, -0.1) is 0 Å². The summed E-state index contributed by atoms with van der Waals surface area (Å²) in [6.07, 6.45) is 1.27. The summed E-state index contributed by atoms with van der Waals surface area (Å²) in [7, 11) is 4.04. The van der Waals surface area contributed by atoms with E-state index >= 15 is 0 Å². The third kappa shape index (κ3) is 5.06. The van der Waals surface area contributed by atoms with Crippen molar-refractivity contribution in [2.24, 2.45) is 5.92 Å². The number of hydrogen-bond acceptors (Lipinski definition) is 3. The zero-order valence-corrected chi connectivity index (χ0v) is 14.3. The summed E-state index contributed by atoms with van der Waals surface area (Å²) in [5, 5.41) is 3.03. The summed E-state index contributed by atoms with van der Waals surface area (Å²) in [5.41, 5.74) is 1.08. The largest absolute Gasteiger partial charge is 0.349 e. The molecule has 126 valence electrons. The molecule has 1 fully saturated rings. The van der Waals surface area contributed by atoms with E-state index in [2.05, 4.69) is 10.2 Å². The van der Waals surface area contributed by atoms with E-state index in [0.717, 1.165) is 25.1 Å². The summed E-state index contributed by atoms with van der Waals surface area (Å²) in [6.45, 7) is 4.19. The van der Waals surface area contributed by atoms with Gasteiger partial charge in [-0.1, -0.05) is 30.3 Å². The minimum atomic E-state index is -0.229. The highest BCUT2D eigenvalue weighted by Crippen LogP contribution is 2.20. The van der Waals surface area contributed by atoms with Crippen LogP contribution < -0.4 is 5.32 Å². The van der Waals surface area contributed by atoms with E-state index in [1.807, 2.05) is 56.3 Å². The Labute approximate surface area is 138 Å². The van der Waals surface area contributed by atoms with Gasteiger partial charge in [0.25, 0.3) is 0 Å². The molecule has 0 aliphatic carbocycles.